The molecule has 2 N–H and O–H groups in total. The number of carbonyl (C=O) groups is 1. The molecule has 1 aromatic carbocycles. The third kappa shape index (κ3) is 2.78. The number of para-hydroxylation sites is 2. The predicted molar refractivity (Wildman–Crippen MR) is 89.8 cm³/mol. The number of rotatable bonds is 3. The highest BCUT2D eigenvalue weighted by Crippen LogP contribution is 2.31. The molecule has 0 aromatic heterocycles. The number of nitrogens with zero attached hydrogens (tertiary/aromatic N) is 1. The van der Waals surface area contributed by atoms with Crippen LogP contribution in [0.2, 0.25) is 0 Å². The first-order valence-corrected chi connectivity index (χ1v) is 7.83. The van der Waals surface area contributed by atoms with E-state index in [9.17, 15) is 4.79 Å². The molecule has 1 aromatic rings. The lowest BCUT2D eigenvalue weighted by molar-refractivity contribution is -0.131. The molecule has 1 aliphatic carbocycles. The zero-order chi connectivity index (χ0) is 16.4. The summed E-state index contributed by atoms with van der Waals surface area (Å²) in [5, 5.41) is 0. The van der Waals surface area contributed by atoms with Crippen molar-refractivity contribution in [2.24, 2.45) is 10.9 Å². The molecule has 0 saturated carbocycles. The number of ether oxygens (including phenoxy) is 2. The number of carbonyl (C=O) groups excluding carboxylic acids is 1. The normalized spacial score (nSPS) is 27.8. The van der Waals surface area contributed by atoms with Gasteiger partial charge in [-0.1, -0.05) is 36.4 Å². The highest BCUT2D eigenvalue weighted by molar-refractivity contribution is 5.84. The molecule has 2 heterocycles. The van der Waals surface area contributed by atoms with Crippen molar-refractivity contribution in [1.82, 2.24) is 10.9 Å². The number of nitrogens with one attached hydrogen (secondary N) is 2. The van der Waals surface area contributed by atoms with E-state index in [0.29, 0.717) is 11.5 Å². The van der Waals surface area contributed by atoms with Gasteiger partial charge in [0.1, 0.15) is 6.61 Å². The van der Waals surface area contributed by atoms with Crippen LogP contribution in [0.3, 0.4) is 0 Å². The topological polar surface area (TPSA) is 72.0 Å². The lowest BCUT2D eigenvalue weighted by atomic mass is 9.92. The Kier molecular flexibility index (Phi) is 3.78. The van der Waals surface area contributed by atoms with Gasteiger partial charge in [-0.05, 0) is 17.7 Å². The summed E-state index contributed by atoms with van der Waals surface area (Å²) < 4.78 is 11.2. The molecule has 1 amide bonds. The van der Waals surface area contributed by atoms with Crippen LogP contribution in [-0.4, -0.2) is 30.9 Å². The fourth-order valence-electron chi connectivity index (χ4n) is 2.86. The zero-order valence-corrected chi connectivity index (χ0v) is 12.9. The summed E-state index contributed by atoms with van der Waals surface area (Å²) in [6.07, 6.45) is 11.1. The van der Waals surface area contributed by atoms with Crippen LogP contribution in [0, 0.1) is 5.92 Å². The van der Waals surface area contributed by atoms with E-state index < -0.39 is 6.10 Å². The molecule has 3 atom stereocenters. The van der Waals surface area contributed by atoms with Crippen molar-refractivity contribution in [3.8, 4) is 11.5 Å². The van der Waals surface area contributed by atoms with Crippen molar-refractivity contribution >= 4 is 12.1 Å². The molecular weight excluding hydrogens is 306 g/mol. The maximum absolute atomic E-state index is 12.2. The Morgan fingerprint density at radius 2 is 2.04 bits per heavy atom. The van der Waals surface area contributed by atoms with E-state index in [-0.39, 0.29) is 24.5 Å². The number of benzene rings is 1. The lowest BCUT2D eigenvalue weighted by Crippen LogP contribution is -2.47. The molecule has 4 rings (SSSR count). The number of aliphatic imine (C=N–C) groups is 1. The number of hydrogen-bond acceptors (Lipinski definition) is 5. The molecule has 0 radical (unpaired) electrons. The van der Waals surface area contributed by atoms with Gasteiger partial charge in [0.05, 0.1) is 6.04 Å². The van der Waals surface area contributed by atoms with E-state index in [2.05, 4.69) is 28.0 Å². The average molecular weight is 323 g/mol. The molecule has 24 heavy (non-hydrogen) atoms. The second-order valence-electron chi connectivity index (χ2n) is 5.71. The van der Waals surface area contributed by atoms with Gasteiger partial charge in [0, 0.05) is 18.3 Å². The van der Waals surface area contributed by atoms with Crippen molar-refractivity contribution in [3.63, 3.8) is 0 Å². The van der Waals surface area contributed by atoms with E-state index in [1.165, 1.54) is 0 Å². The highest BCUT2D eigenvalue weighted by Gasteiger charge is 2.28. The predicted octanol–water partition coefficient (Wildman–Crippen LogP) is 1.53. The van der Waals surface area contributed by atoms with Gasteiger partial charge in [0.2, 0.25) is 6.10 Å². The first kappa shape index (κ1) is 14.6. The Morgan fingerprint density at radius 3 is 2.96 bits per heavy atom. The molecule has 122 valence electrons. The first-order chi connectivity index (χ1) is 11.8. The van der Waals surface area contributed by atoms with Crippen LogP contribution < -0.4 is 20.3 Å². The van der Waals surface area contributed by atoms with Crippen LogP contribution in [0.5, 0.6) is 11.5 Å². The third-order valence-electron chi connectivity index (χ3n) is 4.12. The van der Waals surface area contributed by atoms with Gasteiger partial charge in [0.15, 0.2) is 11.5 Å². The number of amides is 1. The lowest BCUT2D eigenvalue weighted by Gasteiger charge is -2.25. The van der Waals surface area contributed by atoms with E-state index in [1.807, 2.05) is 36.6 Å². The minimum absolute atomic E-state index is 0.158. The monoisotopic (exact) mass is 323 g/mol. The second-order valence-corrected chi connectivity index (χ2v) is 5.71. The van der Waals surface area contributed by atoms with Crippen LogP contribution in [0.15, 0.2) is 65.3 Å². The molecule has 3 unspecified atom stereocenters. The van der Waals surface area contributed by atoms with E-state index >= 15 is 0 Å². The van der Waals surface area contributed by atoms with Crippen molar-refractivity contribution < 1.29 is 14.3 Å². The summed E-state index contributed by atoms with van der Waals surface area (Å²) in [6, 6.07) is 7.45. The molecule has 0 spiro atoms. The maximum atomic E-state index is 12.2. The Balaban J connectivity index is 1.33. The Labute approximate surface area is 139 Å². The fraction of sp³-hybridized carbons (Fsp3) is 0.222. The van der Waals surface area contributed by atoms with Gasteiger partial charge in [0.25, 0.3) is 5.91 Å². The standard InChI is InChI=1S/C18H17N3O3/c22-18(17-11-23-15-7-3-4-8-16(15)24-17)21-20-10-12-9-19-14-6-2-1-5-13(12)14/h1-10,13-14,17,20H,11H2,(H,21,22)/b12-10-. The fourth-order valence-corrected chi connectivity index (χ4v) is 2.86. The number of hydrazine groups is 1. The van der Waals surface area contributed by atoms with Gasteiger partial charge >= 0.3 is 0 Å². The first-order valence-electron chi connectivity index (χ1n) is 7.83. The van der Waals surface area contributed by atoms with Gasteiger partial charge in [-0.2, -0.15) is 0 Å². The summed E-state index contributed by atoms with van der Waals surface area (Å²) in [4.78, 5) is 16.6. The van der Waals surface area contributed by atoms with Gasteiger partial charge < -0.3 is 14.9 Å². The zero-order valence-electron chi connectivity index (χ0n) is 12.9. The van der Waals surface area contributed by atoms with Crippen molar-refractivity contribution in [2.45, 2.75) is 12.1 Å². The Morgan fingerprint density at radius 1 is 1.21 bits per heavy atom. The molecule has 3 aliphatic rings. The quantitative estimate of drug-likeness (QED) is 0.828. The average Bonchev–Trinajstić information content (AvgIpc) is 3.04. The van der Waals surface area contributed by atoms with Crippen LogP contribution in [0.25, 0.3) is 0 Å². The SMILES string of the molecule is O=C(NN/C=C1/C=NC2C=CC=CC12)C1COc2ccccc2O1. The molecular formula is C18H17N3O3. The van der Waals surface area contributed by atoms with E-state index in [4.69, 9.17) is 9.47 Å². The molecule has 0 fully saturated rings. The minimum Gasteiger partial charge on any atom is -0.485 e. The summed E-state index contributed by atoms with van der Waals surface area (Å²) >= 11 is 0. The molecule has 6 nitrogen and oxygen atoms in total. The van der Waals surface area contributed by atoms with E-state index in [1.54, 1.807) is 12.3 Å². The van der Waals surface area contributed by atoms with E-state index in [0.717, 1.165) is 5.57 Å². The smallest absolute Gasteiger partial charge is 0.282 e. The third-order valence-corrected chi connectivity index (χ3v) is 4.12. The molecule has 0 bridgehead atoms. The van der Waals surface area contributed by atoms with Crippen molar-refractivity contribution in [3.05, 3.63) is 60.3 Å². The van der Waals surface area contributed by atoms with Gasteiger partial charge in [-0.15, -0.1) is 0 Å². The molecule has 0 saturated heterocycles. The molecule has 6 heteroatoms. The summed E-state index contributed by atoms with van der Waals surface area (Å²) in [5.41, 5.74) is 6.49. The largest absolute Gasteiger partial charge is 0.485 e. The number of allylic oxidation sites excluding steroid dienone is 2. The summed E-state index contributed by atoms with van der Waals surface area (Å²) in [5.74, 6) is 1.17. The highest BCUT2D eigenvalue weighted by atomic mass is 16.6. The van der Waals surface area contributed by atoms with Crippen LogP contribution in [-0.2, 0) is 4.79 Å². The maximum Gasteiger partial charge on any atom is 0.282 e. The Bertz CT molecular complexity index is 767. The van der Waals surface area contributed by atoms with Crippen molar-refractivity contribution in [1.29, 1.82) is 0 Å². The Hall–Kier alpha value is -3.02. The van der Waals surface area contributed by atoms with Crippen molar-refractivity contribution in [2.75, 3.05) is 6.61 Å². The van der Waals surface area contributed by atoms with Crippen LogP contribution >= 0.6 is 0 Å². The molecule has 2 aliphatic heterocycles. The minimum atomic E-state index is -0.687. The summed E-state index contributed by atoms with van der Waals surface area (Å²) in [6.45, 7) is 0.181. The number of hydrogen-bond donors (Lipinski definition) is 2. The second kappa shape index (κ2) is 6.23. The van der Waals surface area contributed by atoms with Crippen LogP contribution in [0.1, 0.15) is 0 Å². The van der Waals surface area contributed by atoms with Gasteiger partial charge in [-0.25, -0.2) is 0 Å². The van der Waals surface area contributed by atoms with Crippen LogP contribution in [0.4, 0.5) is 0 Å². The summed E-state index contributed by atoms with van der Waals surface area (Å²) in [7, 11) is 0. The number of fused-ring (bicyclic) bond motifs is 2. The van der Waals surface area contributed by atoms with Gasteiger partial charge in [-0.3, -0.25) is 15.2 Å².